The van der Waals surface area contributed by atoms with Gasteiger partial charge in [0.2, 0.25) is 5.91 Å². The number of hydrogen-bond acceptors (Lipinski definition) is 6. The molecule has 1 aliphatic rings. The van der Waals surface area contributed by atoms with Gasteiger partial charge in [-0.1, -0.05) is 23.4 Å². The number of piperidine rings is 1. The van der Waals surface area contributed by atoms with E-state index >= 15 is 0 Å². The van der Waals surface area contributed by atoms with Crippen LogP contribution >= 0.6 is 11.3 Å². The summed E-state index contributed by atoms with van der Waals surface area (Å²) in [4.78, 5) is 30.9. The maximum Gasteiger partial charge on any atom is 0.335 e. The fraction of sp³-hybridized carbons (Fsp3) is 0.381. The molecule has 0 spiro atoms. The van der Waals surface area contributed by atoms with Crippen LogP contribution in [0, 0.1) is 5.92 Å². The molecule has 3 heterocycles. The van der Waals surface area contributed by atoms with Crippen molar-refractivity contribution in [3.63, 3.8) is 0 Å². The number of amides is 1. The molecule has 1 amide bonds. The third kappa shape index (κ3) is 4.73. The highest BCUT2D eigenvalue weighted by molar-refractivity contribution is 7.13. The maximum absolute atomic E-state index is 12.6. The molecule has 1 aromatic carbocycles. The Labute approximate surface area is 178 Å². The van der Waals surface area contributed by atoms with Gasteiger partial charge in [0.05, 0.1) is 22.1 Å². The van der Waals surface area contributed by atoms with Gasteiger partial charge in [-0.2, -0.15) is 0 Å². The van der Waals surface area contributed by atoms with Gasteiger partial charge in [-0.3, -0.25) is 14.5 Å². The van der Waals surface area contributed by atoms with E-state index in [-0.39, 0.29) is 11.5 Å². The minimum Gasteiger partial charge on any atom is -0.478 e. The van der Waals surface area contributed by atoms with E-state index in [1.807, 2.05) is 21.8 Å². The number of rotatable bonds is 7. The Hall–Kier alpha value is -3.07. The lowest BCUT2D eigenvalue weighted by atomic mass is 9.96. The first kappa shape index (κ1) is 20.2. The van der Waals surface area contributed by atoms with Crippen LogP contribution in [0.4, 0.5) is 0 Å². The Kier molecular flexibility index (Phi) is 6.18. The van der Waals surface area contributed by atoms with E-state index < -0.39 is 5.97 Å². The van der Waals surface area contributed by atoms with Gasteiger partial charge in [0.15, 0.2) is 0 Å². The van der Waals surface area contributed by atoms with E-state index in [0.29, 0.717) is 24.3 Å². The highest BCUT2D eigenvalue weighted by atomic mass is 32.1. The van der Waals surface area contributed by atoms with Crippen molar-refractivity contribution in [2.45, 2.75) is 32.2 Å². The van der Waals surface area contributed by atoms with Crippen LogP contribution in [0.25, 0.3) is 10.6 Å². The number of carboxylic acid groups (broad SMARTS) is 1. The van der Waals surface area contributed by atoms with Crippen molar-refractivity contribution in [2.75, 3.05) is 13.1 Å². The Morgan fingerprint density at radius 2 is 2.00 bits per heavy atom. The molecule has 30 heavy (non-hydrogen) atoms. The quantitative estimate of drug-likeness (QED) is 0.624. The zero-order valence-corrected chi connectivity index (χ0v) is 17.3. The molecule has 0 unspecified atom stereocenters. The molecule has 156 valence electrons. The summed E-state index contributed by atoms with van der Waals surface area (Å²) < 4.78 is 1.88. The van der Waals surface area contributed by atoms with Crippen molar-refractivity contribution in [3.8, 4) is 10.6 Å². The number of aromatic nitrogens is 4. The maximum atomic E-state index is 12.6. The molecule has 1 aliphatic heterocycles. The summed E-state index contributed by atoms with van der Waals surface area (Å²) in [5, 5.41) is 17.7. The first-order valence-electron chi connectivity index (χ1n) is 9.98. The third-order valence-corrected chi connectivity index (χ3v) is 6.29. The molecule has 1 N–H and O–H groups in total. The van der Waals surface area contributed by atoms with Crippen LogP contribution in [0.15, 0.2) is 42.2 Å². The van der Waals surface area contributed by atoms with Gasteiger partial charge >= 0.3 is 5.97 Å². The number of carbonyl (C=O) groups is 2. The van der Waals surface area contributed by atoms with Gasteiger partial charge in [0.1, 0.15) is 5.69 Å². The van der Waals surface area contributed by atoms with Gasteiger partial charge < -0.3 is 10.0 Å². The lowest BCUT2D eigenvalue weighted by molar-refractivity contribution is -0.132. The predicted octanol–water partition coefficient (Wildman–Crippen LogP) is 2.97. The van der Waals surface area contributed by atoms with Crippen LogP contribution in [-0.2, 0) is 17.8 Å². The summed E-state index contributed by atoms with van der Waals surface area (Å²) in [6, 6.07) is 6.87. The summed E-state index contributed by atoms with van der Waals surface area (Å²) in [6.07, 6.45) is 6.36. The van der Waals surface area contributed by atoms with Crippen molar-refractivity contribution in [3.05, 3.63) is 53.3 Å². The molecule has 0 aliphatic carbocycles. The number of nitrogens with zero attached hydrogens (tertiary/aromatic N) is 5. The summed E-state index contributed by atoms with van der Waals surface area (Å²) in [5.74, 6) is -0.412. The number of aromatic carboxylic acids is 1. The normalized spacial score (nSPS) is 14.7. The Balaban J connectivity index is 1.25. The lowest BCUT2D eigenvalue weighted by Crippen LogP contribution is -2.39. The molecule has 0 bridgehead atoms. The predicted molar refractivity (Wildman–Crippen MR) is 112 cm³/mol. The van der Waals surface area contributed by atoms with Crippen LogP contribution in [0.1, 0.15) is 35.2 Å². The van der Waals surface area contributed by atoms with Gasteiger partial charge in [-0.05, 0) is 36.8 Å². The van der Waals surface area contributed by atoms with Crippen molar-refractivity contribution in [2.24, 2.45) is 5.92 Å². The molecule has 0 radical (unpaired) electrons. The fourth-order valence-corrected chi connectivity index (χ4v) is 4.39. The second kappa shape index (κ2) is 9.17. The van der Waals surface area contributed by atoms with Crippen LogP contribution in [-0.4, -0.2) is 55.0 Å². The number of carbonyl (C=O) groups excluding carboxylic acids is 1. The molecule has 0 saturated carbocycles. The molecule has 1 fully saturated rings. The number of carboxylic acids is 1. The van der Waals surface area contributed by atoms with Crippen molar-refractivity contribution in [1.82, 2.24) is 24.9 Å². The topological polar surface area (TPSA) is 101 Å². The SMILES string of the molecule is O=C(O)c1ccccc1CCC(=O)N1CCC(Cn2cc(-c3cncs3)nn2)CC1. The first-order chi connectivity index (χ1) is 14.6. The molecule has 1 saturated heterocycles. The molecule has 0 atom stereocenters. The minimum absolute atomic E-state index is 0.0851. The summed E-state index contributed by atoms with van der Waals surface area (Å²) in [6.45, 7) is 2.24. The van der Waals surface area contributed by atoms with Gasteiger partial charge in [-0.25, -0.2) is 4.79 Å². The molecule has 8 nitrogen and oxygen atoms in total. The molecular weight excluding hydrogens is 402 g/mol. The standard InChI is InChI=1S/C21H23N5O3S/c27-20(6-5-16-3-1-2-4-17(16)21(28)29)25-9-7-15(8-10-25)12-26-13-18(23-24-26)19-11-22-14-30-19/h1-4,11,13-15H,5-10,12H2,(H,28,29). The van der Waals surface area contributed by atoms with Gasteiger partial charge in [-0.15, -0.1) is 16.4 Å². The van der Waals surface area contributed by atoms with E-state index in [1.165, 1.54) is 0 Å². The monoisotopic (exact) mass is 425 g/mol. The van der Waals surface area contributed by atoms with Crippen LogP contribution in [0.5, 0.6) is 0 Å². The average Bonchev–Trinajstić information content (AvgIpc) is 3.45. The van der Waals surface area contributed by atoms with E-state index in [1.54, 1.807) is 41.2 Å². The minimum atomic E-state index is -0.953. The number of thiazole rings is 1. The van der Waals surface area contributed by atoms with E-state index in [0.717, 1.165) is 43.0 Å². The van der Waals surface area contributed by atoms with E-state index in [4.69, 9.17) is 0 Å². The number of likely N-dealkylation sites (tertiary alicyclic amines) is 1. The zero-order chi connectivity index (χ0) is 20.9. The van der Waals surface area contributed by atoms with Crippen LogP contribution in [0.2, 0.25) is 0 Å². The molecular formula is C21H23N5O3S. The largest absolute Gasteiger partial charge is 0.478 e. The Morgan fingerprint density at radius 3 is 2.73 bits per heavy atom. The van der Waals surface area contributed by atoms with Crippen molar-refractivity contribution in [1.29, 1.82) is 0 Å². The van der Waals surface area contributed by atoms with E-state index in [9.17, 15) is 14.7 Å². The fourth-order valence-electron chi connectivity index (χ4n) is 3.82. The highest BCUT2D eigenvalue weighted by Gasteiger charge is 2.23. The molecule has 2 aromatic heterocycles. The first-order valence-corrected chi connectivity index (χ1v) is 10.9. The second-order valence-electron chi connectivity index (χ2n) is 7.48. The summed E-state index contributed by atoms with van der Waals surface area (Å²) in [7, 11) is 0. The Morgan fingerprint density at radius 1 is 1.20 bits per heavy atom. The zero-order valence-electron chi connectivity index (χ0n) is 16.5. The lowest BCUT2D eigenvalue weighted by Gasteiger charge is -2.32. The van der Waals surface area contributed by atoms with E-state index in [2.05, 4.69) is 15.3 Å². The smallest absolute Gasteiger partial charge is 0.335 e. The highest BCUT2D eigenvalue weighted by Crippen LogP contribution is 2.23. The van der Waals surface area contributed by atoms with Crippen LogP contribution < -0.4 is 0 Å². The van der Waals surface area contributed by atoms with Gasteiger partial charge in [0.25, 0.3) is 0 Å². The van der Waals surface area contributed by atoms with Gasteiger partial charge in [0, 0.05) is 32.3 Å². The summed E-state index contributed by atoms with van der Waals surface area (Å²) >= 11 is 1.54. The number of aryl methyl sites for hydroxylation is 1. The molecule has 3 aromatic rings. The molecule has 4 rings (SSSR count). The molecule has 9 heteroatoms. The number of hydrogen-bond donors (Lipinski definition) is 1. The number of benzene rings is 1. The third-order valence-electron chi connectivity index (χ3n) is 5.49. The average molecular weight is 426 g/mol. The second-order valence-corrected chi connectivity index (χ2v) is 8.36. The van der Waals surface area contributed by atoms with Crippen molar-refractivity contribution < 1.29 is 14.7 Å². The van der Waals surface area contributed by atoms with Crippen molar-refractivity contribution >= 4 is 23.2 Å². The summed E-state index contributed by atoms with van der Waals surface area (Å²) in [5.41, 5.74) is 3.60. The van der Waals surface area contributed by atoms with Crippen LogP contribution in [0.3, 0.4) is 0 Å². The Bertz CT molecular complexity index is 1010.